The van der Waals surface area contributed by atoms with Gasteiger partial charge in [0.15, 0.2) is 0 Å². The van der Waals surface area contributed by atoms with Gasteiger partial charge in [0.05, 0.1) is 5.60 Å². The third kappa shape index (κ3) is 4.84. The number of aromatic nitrogens is 1. The summed E-state index contributed by atoms with van der Waals surface area (Å²) in [5.74, 6) is 1.95. The number of hydrogen-bond donors (Lipinski definition) is 2. The highest BCUT2D eigenvalue weighted by Crippen LogP contribution is 2.26. The highest BCUT2D eigenvalue weighted by molar-refractivity contribution is 7.99. The number of aliphatic hydroxyl groups is 1. The van der Waals surface area contributed by atoms with E-state index in [1.807, 2.05) is 23.9 Å². The first-order chi connectivity index (χ1) is 9.18. The summed E-state index contributed by atoms with van der Waals surface area (Å²) in [5.41, 5.74) is 0.412. The average Bonchev–Trinajstić information content (AvgIpc) is 2.45. The van der Waals surface area contributed by atoms with Gasteiger partial charge in [0.1, 0.15) is 0 Å². The number of carbonyl (C=O) groups is 1. The zero-order valence-corrected chi connectivity index (χ0v) is 11.8. The highest BCUT2D eigenvalue weighted by Gasteiger charge is 2.29. The Bertz CT molecular complexity index is 405. The monoisotopic (exact) mass is 280 g/mol. The summed E-state index contributed by atoms with van der Waals surface area (Å²) >= 11 is 1.86. The number of hydrogen-bond acceptors (Lipinski definition) is 4. The van der Waals surface area contributed by atoms with Gasteiger partial charge in [-0.05, 0) is 48.5 Å². The molecule has 0 radical (unpaired) electrons. The van der Waals surface area contributed by atoms with Crippen molar-refractivity contribution in [3.63, 3.8) is 0 Å². The van der Waals surface area contributed by atoms with Gasteiger partial charge in [-0.15, -0.1) is 0 Å². The quantitative estimate of drug-likeness (QED) is 0.855. The molecule has 2 N–H and O–H groups in total. The van der Waals surface area contributed by atoms with Gasteiger partial charge >= 0.3 is 0 Å². The number of thioether (sulfide) groups is 1. The molecule has 0 atom stereocenters. The van der Waals surface area contributed by atoms with Crippen LogP contribution in [0.3, 0.4) is 0 Å². The fourth-order valence-corrected chi connectivity index (χ4v) is 3.34. The lowest BCUT2D eigenvalue weighted by atomic mass is 9.97. The molecule has 5 heteroatoms. The van der Waals surface area contributed by atoms with Crippen molar-refractivity contribution in [3.05, 3.63) is 30.1 Å². The summed E-state index contributed by atoms with van der Waals surface area (Å²) in [6.07, 6.45) is 6.16. The minimum Gasteiger partial charge on any atom is -0.388 e. The van der Waals surface area contributed by atoms with Crippen LogP contribution in [-0.2, 0) is 11.2 Å². The maximum atomic E-state index is 11.8. The minimum atomic E-state index is -0.697. The van der Waals surface area contributed by atoms with Crippen LogP contribution in [0.25, 0.3) is 0 Å². The Hall–Kier alpha value is -1.07. The van der Waals surface area contributed by atoms with Crippen molar-refractivity contribution in [1.29, 1.82) is 0 Å². The van der Waals surface area contributed by atoms with Gasteiger partial charge in [-0.25, -0.2) is 0 Å². The number of amides is 1. The Balaban J connectivity index is 1.70. The number of pyridine rings is 1. The van der Waals surface area contributed by atoms with Crippen LogP contribution in [0.4, 0.5) is 0 Å². The van der Waals surface area contributed by atoms with E-state index in [0.29, 0.717) is 19.4 Å². The Morgan fingerprint density at radius 2 is 2.05 bits per heavy atom. The molecule has 104 valence electrons. The van der Waals surface area contributed by atoms with Crippen LogP contribution in [0.5, 0.6) is 0 Å². The van der Waals surface area contributed by atoms with Crippen LogP contribution in [0, 0.1) is 0 Å². The molecule has 2 rings (SSSR count). The summed E-state index contributed by atoms with van der Waals surface area (Å²) in [5, 5.41) is 13.1. The van der Waals surface area contributed by atoms with Gasteiger partial charge in [0.25, 0.3) is 0 Å². The van der Waals surface area contributed by atoms with Gasteiger partial charge in [0.2, 0.25) is 5.91 Å². The Labute approximate surface area is 118 Å². The third-order valence-electron chi connectivity index (χ3n) is 3.43. The molecule has 0 saturated carbocycles. The van der Waals surface area contributed by atoms with Crippen molar-refractivity contribution in [1.82, 2.24) is 10.3 Å². The van der Waals surface area contributed by atoms with Crippen LogP contribution in [0.15, 0.2) is 24.5 Å². The van der Waals surface area contributed by atoms with Gasteiger partial charge in [-0.1, -0.05) is 0 Å². The van der Waals surface area contributed by atoms with Crippen molar-refractivity contribution >= 4 is 17.7 Å². The highest BCUT2D eigenvalue weighted by atomic mass is 32.2. The number of aryl methyl sites for hydroxylation is 1. The van der Waals surface area contributed by atoms with Crippen LogP contribution in [0.2, 0.25) is 0 Å². The molecule has 1 saturated heterocycles. The number of rotatable bonds is 5. The molecule has 2 heterocycles. The van der Waals surface area contributed by atoms with E-state index in [0.717, 1.165) is 29.9 Å². The summed E-state index contributed by atoms with van der Waals surface area (Å²) in [4.78, 5) is 15.7. The van der Waals surface area contributed by atoms with E-state index in [1.54, 1.807) is 12.4 Å². The predicted octanol–water partition coefficient (Wildman–Crippen LogP) is 1.39. The molecule has 1 fully saturated rings. The Morgan fingerprint density at radius 1 is 1.37 bits per heavy atom. The molecule has 0 bridgehead atoms. The first-order valence-electron chi connectivity index (χ1n) is 6.64. The molecule has 0 unspecified atom stereocenters. The Morgan fingerprint density at radius 3 is 2.74 bits per heavy atom. The number of nitrogens with one attached hydrogen (secondary N) is 1. The SMILES string of the molecule is O=C(CCc1ccncc1)NCC1(O)CCSCC1. The van der Waals surface area contributed by atoms with E-state index in [1.165, 1.54) is 0 Å². The summed E-state index contributed by atoms with van der Waals surface area (Å²) in [7, 11) is 0. The average molecular weight is 280 g/mol. The Kier molecular flexibility index (Phi) is 5.22. The van der Waals surface area contributed by atoms with Crippen molar-refractivity contribution in [2.75, 3.05) is 18.1 Å². The molecule has 0 aromatic carbocycles. The minimum absolute atomic E-state index is 0.00321. The van der Waals surface area contributed by atoms with Gasteiger partial charge in [-0.3, -0.25) is 9.78 Å². The number of carbonyl (C=O) groups excluding carboxylic acids is 1. The fourth-order valence-electron chi connectivity index (χ4n) is 2.09. The van der Waals surface area contributed by atoms with E-state index < -0.39 is 5.60 Å². The largest absolute Gasteiger partial charge is 0.388 e. The van der Waals surface area contributed by atoms with Gasteiger partial charge in [0, 0.05) is 25.4 Å². The normalized spacial score (nSPS) is 17.9. The summed E-state index contributed by atoms with van der Waals surface area (Å²) in [6, 6.07) is 3.83. The summed E-state index contributed by atoms with van der Waals surface area (Å²) < 4.78 is 0. The van der Waals surface area contributed by atoms with E-state index >= 15 is 0 Å². The fraction of sp³-hybridized carbons (Fsp3) is 0.571. The van der Waals surface area contributed by atoms with Crippen molar-refractivity contribution in [2.24, 2.45) is 0 Å². The van der Waals surface area contributed by atoms with Gasteiger partial charge in [-0.2, -0.15) is 11.8 Å². The molecule has 19 heavy (non-hydrogen) atoms. The molecule has 4 nitrogen and oxygen atoms in total. The molecule has 1 aliphatic heterocycles. The maximum Gasteiger partial charge on any atom is 0.220 e. The molecule has 1 aliphatic rings. The topological polar surface area (TPSA) is 62.2 Å². The van der Waals surface area contributed by atoms with E-state index in [2.05, 4.69) is 10.3 Å². The first-order valence-corrected chi connectivity index (χ1v) is 7.79. The first kappa shape index (κ1) is 14.3. The van der Waals surface area contributed by atoms with E-state index in [4.69, 9.17) is 0 Å². The lowest BCUT2D eigenvalue weighted by Gasteiger charge is -2.31. The molecule has 0 aliphatic carbocycles. The van der Waals surface area contributed by atoms with Crippen LogP contribution < -0.4 is 5.32 Å². The van der Waals surface area contributed by atoms with Crippen molar-refractivity contribution in [2.45, 2.75) is 31.3 Å². The second kappa shape index (κ2) is 6.91. The van der Waals surface area contributed by atoms with Crippen molar-refractivity contribution < 1.29 is 9.90 Å². The second-order valence-electron chi connectivity index (χ2n) is 4.97. The second-order valence-corrected chi connectivity index (χ2v) is 6.19. The van der Waals surface area contributed by atoms with Gasteiger partial charge < -0.3 is 10.4 Å². The molecular weight excluding hydrogens is 260 g/mol. The molecule has 0 spiro atoms. The lowest BCUT2D eigenvalue weighted by molar-refractivity contribution is -0.122. The summed E-state index contributed by atoms with van der Waals surface area (Å²) in [6.45, 7) is 0.378. The predicted molar refractivity (Wildman–Crippen MR) is 77.1 cm³/mol. The number of nitrogens with zero attached hydrogens (tertiary/aromatic N) is 1. The van der Waals surface area contributed by atoms with Crippen LogP contribution >= 0.6 is 11.8 Å². The molecule has 1 aromatic heterocycles. The standard InChI is InChI=1S/C14H20N2O2S/c17-13(2-1-12-3-7-15-8-4-12)16-11-14(18)5-9-19-10-6-14/h3-4,7-8,18H,1-2,5-6,9-11H2,(H,16,17). The molecular formula is C14H20N2O2S. The van der Waals surface area contributed by atoms with E-state index in [9.17, 15) is 9.90 Å². The zero-order chi connectivity index (χ0) is 13.6. The van der Waals surface area contributed by atoms with Crippen LogP contribution in [-0.4, -0.2) is 39.6 Å². The smallest absolute Gasteiger partial charge is 0.220 e. The molecule has 1 amide bonds. The van der Waals surface area contributed by atoms with Crippen molar-refractivity contribution in [3.8, 4) is 0 Å². The molecule has 1 aromatic rings. The lowest BCUT2D eigenvalue weighted by Crippen LogP contribution is -2.45. The zero-order valence-electron chi connectivity index (χ0n) is 11.0. The van der Waals surface area contributed by atoms with E-state index in [-0.39, 0.29) is 5.91 Å². The maximum absolute atomic E-state index is 11.8. The third-order valence-corrected chi connectivity index (χ3v) is 4.41. The van der Waals surface area contributed by atoms with Crippen LogP contribution in [0.1, 0.15) is 24.8 Å².